The Morgan fingerprint density at radius 1 is 1.19 bits per heavy atom. The van der Waals surface area contributed by atoms with Gasteiger partial charge < -0.3 is 10.2 Å². The molecule has 10 heteroatoms. The van der Waals surface area contributed by atoms with Gasteiger partial charge in [-0.05, 0) is 49.6 Å². The minimum absolute atomic E-state index is 0.165. The summed E-state index contributed by atoms with van der Waals surface area (Å²) >= 11 is 0. The summed E-state index contributed by atoms with van der Waals surface area (Å²) in [5, 5.41) is 7.12. The number of amides is 1. The number of nitrogens with one attached hydrogen (secondary N) is 1. The maximum Gasteiger partial charge on any atom is 0.255 e. The lowest BCUT2D eigenvalue weighted by molar-refractivity contribution is 0.0942. The number of halogens is 2. The number of carbonyl (C=O) groups excluding carboxylic acids is 1. The summed E-state index contributed by atoms with van der Waals surface area (Å²) in [4.78, 5) is 14.9. The molecule has 0 bridgehead atoms. The van der Waals surface area contributed by atoms with E-state index in [1.54, 1.807) is 10.7 Å². The molecule has 2 aliphatic heterocycles. The van der Waals surface area contributed by atoms with Gasteiger partial charge in [-0.2, -0.15) is 15.7 Å². The lowest BCUT2D eigenvalue weighted by Crippen LogP contribution is -2.35. The zero-order valence-corrected chi connectivity index (χ0v) is 18.1. The van der Waals surface area contributed by atoms with Gasteiger partial charge in [0.25, 0.3) is 5.91 Å². The molecule has 1 amide bonds. The SMILES string of the molecule is O=C(NC1CCS(O)(O)C1)c1cnn2ccc(N3CCCC3c3cc(F)ccc3F)cc12. The maximum atomic E-state index is 14.4. The molecule has 3 N–H and O–H groups in total. The number of pyridine rings is 1. The number of hydrogen-bond acceptors (Lipinski definition) is 5. The molecule has 0 aliphatic carbocycles. The van der Waals surface area contributed by atoms with Crippen molar-refractivity contribution in [2.45, 2.75) is 31.3 Å². The Kier molecular flexibility index (Phi) is 5.31. The molecule has 0 radical (unpaired) electrons. The van der Waals surface area contributed by atoms with Crippen molar-refractivity contribution in [1.82, 2.24) is 14.9 Å². The van der Waals surface area contributed by atoms with E-state index in [-0.39, 0.29) is 23.7 Å². The van der Waals surface area contributed by atoms with Gasteiger partial charge in [0.15, 0.2) is 0 Å². The molecule has 3 aromatic rings. The van der Waals surface area contributed by atoms with E-state index in [1.165, 1.54) is 12.3 Å². The second-order valence-corrected chi connectivity index (χ2v) is 10.8. The molecule has 0 saturated carbocycles. The summed E-state index contributed by atoms with van der Waals surface area (Å²) in [7, 11) is -2.61. The minimum atomic E-state index is -2.61. The quantitative estimate of drug-likeness (QED) is 0.541. The first-order valence-electron chi connectivity index (χ1n) is 10.5. The van der Waals surface area contributed by atoms with Crippen molar-refractivity contribution in [3.05, 3.63) is 65.5 Å². The van der Waals surface area contributed by atoms with Gasteiger partial charge in [0.05, 0.1) is 29.1 Å². The Morgan fingerprint density at radius 2 is 2.03 bits per heavy atom. The first-order valence-corrected chi connectivity index (χ1v) is 12.4. The van der Waals surface area contributed by atoms with Crippen LogP contribution in [-0.2, 0) is 0 Å². The van der Waals surface area contributed by atoms with Crippen LogP contribution in [0, 0.1) is 11.6 Å². The monoisotopic (exact) mass is 462 g/mol. The number of anilines is 1. The first-order chi connectivity index (χ1) is 15.3. The molecule has 2 saturated heterocycles. The first kappa shape index (κ1) is 21.2. The molecule has 2 unspecified atom stereocenters. The van der Waals surface area contributed by atoms with Crippen molar-refractivity contribution in [3.8, 4) is 0 Å². The zero-order chi connectivity index (χ0) is 22.5. The maximum absolute atomic E-state index is 14.4. The van der Waals surface area contributed by atoms with Crippen LogP contribution in [-0.4, -0.2) is 48.7 Å². The summed E-state index contributed by atoms with van der Waals surface area (Å²) in [6.07, 6.45) is 5.28. The number of nitrogens with zero attached hydrogens (tertiary/aromatic N) is 3. The van der Waals surface area contributed by atoms with E-state index in [0.717, 1.165) is 24.2 Å². The van der Waals surface area contributed by atoms with Crippen molar-refractivity contribution >= 4 is 27.7 Å². The van der Waals surface area contributed by atoms with Crippen LogP contribution in [0.2, 0.25) is 0 Å². The molecule has 7 nitrogen and oxygen atoms in total. The summed E-state index contributed by atoms with van der Waals surface area (Å²) in [5.41, 5.74) is 2.10. The smallest absolute Gasteiger partial charge is 0.255 e. The predicted octanol–water partition coefficient (Wildman–Crippen LogP) is 4.21. The molecular formula is C22H24F2N4O3S. The van der Waals surface area contributed by atoms with Gasteiger partial charge in [-0.3, -0.25) is 13.9 Å². The van der Waals surface area contributed by atoms with Crippen LogP contribution in [0.3, 0.4) is 0 Å². The predicted molar refractivity (Wildman–Crippen MR) is 119 cm³/mol. The van der Waals surface area contributed by atoms with Gasteiger partial charge >= 0.3 is 0 Å². The van der Waals surface area contributed by atoms with E-state index < -0.39 is 22.2 Å². The second-order valence-electron chi connectivity index (χ2n) is 8.42. The summed E-state index contributed by atoms with van der Waals surface area (Å²) in [5.74, 6) is -0.770. The van der Waals surface area contributed by atoms with Crippen LogP contribution < -0.4 is 10.2 Å². The standard InChI is InChI=1S/C22H24F2N4O3S/c23-14-3-4-19(24)17(10-14)20-2-1-7-27(20)16-5-8-28-21(11-16)18(12-25-28)22(29)26-15-6-9-32(30,31)13-15/h3-5,8,10-12,15,20,30-31H,1-2,6-7,9,13H2,(H,26,29). The van der Waals surface area contributed by atoms with Crippen molar-refractivity contribution < 1.29 is 22.7 Å². The van der Waals surface area contributed by atoms with E-state index in [0.29, 0.717) is 41.8 Å². The van der Waals surface area contributed by atoms with Gasteiger partial charge in [-0.25, -0.2) is 13.3 Å². The van der Waals surface area contributed by atoms with Gasteiger partial charge in [-0.1, -0.05) is 0 Å². The van der Waals surface area contributed by atoms with Crippen LogP contribution in [0.1, 0.15) is 41.2 Å². The molecule has 2 aromatic heterocycles. The molecular weight excluding hydrogens is 438 g/mol. The molecule has 2 fully saturated rings. The Bertz CT molecular complexity index is 1190. The fourth-order valence-electron chi connectivity index (χ4n) is 4.69. The van der Waals surface area contributed by atoms with Crippen molar-refractivity contribution in [1.29, 1.82) is 0 Å². The van der Waals surface area contributed by atoms with Gasteiger partial charge in [0.2, 0.25) is 0 Å². The summed E-state index contributed by atoms with van der Waals surface area (Å²) in [6, 6.07) is 6.62. The zero-order valence-electron chi connectivity index (χ0n) is 17.2. The minimum Gasteiger partial charge on any atom is -0.364 e. The fraction of sp³-hybridized carbons (Fsp3) is 0.364. The molecule has 170 valence electrons. The van der Waals surface area contributed by atoms with Crippen LogP contribution in [0.5, 0.6) is 0 Å². The van der Waals surface area contributed by atoms with E-state index >= 15 is 0 Å². The van der Waals surface area contributed by atoms with E-state index in [9.17, 15) is 22.7 Å². The molecule has 2 aliphatic rings. The normalized spacial score (nSPS) is 23.6. The Balaban J connectivity index is 1.43. The number of aromatic nitrogens is 2. The number of carbonyl (C=O) groups is 1. The summed E-state index contributed by atoms with van der Waals surface area (Å²) < 4.78 is 49.4. The van der Waals surface area contributed by atoms with E-state index in [2.05, 4.69) is 10.4 Å². The third-order valence-corrected chi connectivity index (χ3v) is 8.07. The van der Waals surface area contributed by atoms with Crippen molar-refractivity contribution in [3.63, 3.8) is 0 Å². The van der Waals surface area contributed by atoms with E-state index in [1.807, 2.05) is 17.0 Å². The average Bonchev–Trinajstić information content (AvgIpc) is 3.47. The lowest BCUT2D eigenvalue weighted by atomic mass is 10.0. The highest BCUT2D eigenvalue weighted by molar-refractivity contribution is 8.24. The molecule has 1 aromatic carbocycles. The third-order valence-electron chi connectivity index (χ3n) is 6.25. The number of rotatable bonds is 4. The number of fused-ring (bicyclic) bond motifs is 1. The Morgan fingerprint density at radius 3 is 2.81 bits per heavy atom. The third kappa shape index (κ3) is 3.94. The van der Waals surface area contributed by atoms with Crippen molar-refractivity contribution in [2.24, 2.45) is 0 Å². The second kappa shape index (κ2) is 8.02. The summed E-state index contributed by atoms with van der Waals surface area (Å²) in [6.45, 7) is 0.687. The largest absolute Gasteiger partial charge is 0.364 e. The van der Waals surface area contributed by atoms with Crippen LogP contribution >= 0.6 is 10.6 Å². The Labute approximate surface area is 185 Å². The molecule has 2 atom stereocenters. The number of hydrogen-bond donors (Lipinski definition) is 3. The van der Waals surface area contributed by atoms with Crippen LogP contribution in [0.4, 0.5) is 14.5 Å². The lowest BCUT2D eigenvalue weighted by Gasteiger charge is -2.27. The molecule has 5 rings (SSSR count). The van der Waals surface area contributed by atoms with Gasteiger partial charge in [0.1, 0.15) is 11.6 Å². The average molecular weight is 463 g/mol. The van der Waals surface area contributed by atoms with Gasteiger partial charge in [-0.15, -0.1) is 0 Å². The highest BCUT2D eigenvalue weighted by Gasteiger charge is 2.31. The highest BCUT2D eigenvalue weighted by Crippen LogP contribution is 2.45. The van der Waals surface area contributed by atoms with Gasteiger partial charge in [0, 0.05) is 35.8 Å². The van der Waals surface area contributed by atoms with Crippen LogP contribution in [0.25, 0.3) is 5.52 Å². The molecule has 4 heterocycles. The fourth-order valence-corrected chi connectivity index (χ4v) is 6.41. The highest BCUT2D eigenvalue weighted by atomic mass is 32.3. The molecule has 32 heavy (non-hydrogen) atoms. The van der Waals surface area contributed by atoms with Crippen LogP contribution in [0.15, 0.2) is 42.7 Å². The topological polar surface area (TPSA) is 90.1 Å². The molecule has 0 spiro atoms. The number of benzene rings is 1. The van der Waals surface area contributed by atoms with Crippen molar-refractivity contribution in [2.75, 3.05) is 23.0 Å². The van der Waals surface area contributed by atoms with E-state index in [4.69, 9.17) is 0 Å². The Hall–Kier alpha value is -2.69.